The zero-order chi connectivity index (χ0) is 17.4. The van der Waals surface area contributed by atoms with Gasteiger partial charge in [-0.2, -0.15) is 0 Å². The number of fused-ring (bicyclic) bond motifs is 1. The lowest BCUT2D eigenvalue weighted by Crippen LogP contribution is -2.08. The molecule has 5 nitrogen and oxygen atoms in total. The van der Waals surface area contributed by atoms with E-state index in [1.54, 1.807) is 24.3 Å². The van der Waals surface area contributed by atoms with Crippen LogP contribution in [0.25, 0.3) is 0 Å². The summed E-state index contributed by atoms with van der Waals surface area (Å²) in [5.41, 5.74) is 1.55. The standard InChI is InChI=1S/C16H10O5S3/c1-20-14(18)12-13(15(19)21-2)24-16(23-12)9-10(17)7-5-3-4-6-8(7)11(9)22/h3-6H,1-2H3. The highest BCUT2D eigenvalue weighted by Crippen LogP contribution is 2.53. The predicted octanol–water partition coefficient (Wildman–Crippen LogP) is 2.85. The maximum absolute atomic E-state index is 12.7. The summed E-state index contributed by atoms with van der Waals surface area (Å²) in [5, 5.41) is 0. The molecule has 0 radical (unpaired) electrons. The number of carbonyl (C=O) groups excluding carboxylic acids is 3. The second-order valence-corrected chi connectivity index (χ2v) is 7.42. The van der Waals surface area contributed by atoms with Crippen LogP contribution in [-0.4, -0.2) is 36.8 Å². The number of hydrogen-bond donors (Lipinski definition) is 0. The van der Waals surface area contributed by atoms with Crippen LogP contribution in [-0.2, 0) is 19.1 Å². The Balaban J connectivity index is 2.06. The van der Waals surface area contributed by atoms with Gasteiger partial charge in [0.2, 0.25) is 0 Å². The molecule has 2 aliphatic rings. The van der Waals surface area contributed by atoms with Crippen LogP contribution in [0, 0.1) is 0 Å². The Morgan fingerprint density at radius 2 is 1.46 bits per heavy atom. The third-order valence-corrected chi connectivity index (χ3v) is 6.39. The monoisotopic (exact) mass is 378 g/mol. The second-order valence-electron chi connectivity index (χ2n) is 4.71. The number of ketones is 1. The predicted molar refractivity (Wildman–Crippen MR) is 95.7 cm³/mol. The number of Topliss-reactive ketones (excluding diaryl/α,β-unsaturated/α-hetero) is 1. The van der Waals surface area contributed by atoms with Crippen LogP contribution in [0.4, 0.5) is 0 Å². The minimum atomic E-state index is -0.655. The van der Waals surface area contributed by atoms with Crippen molar-refractivity contribution in [2.75, 3.05) is 14.2 Å². The fourth-order valence-corrected chi connectivity index (χ4v) is 5.36. The molecule has 0 spiro atoms. The Hall–Kier alpha value is -1.90. The Bertz CT molecular complexity index is 799. The number of rotatable bonds is 2. The van der Waals surface area contributed by atoms with E-state index in [1.165, 1.54) is 14.2 Å². The fourth-order valence-electron chi connectivity index (χ4n) is 2.29. The average molecular weight is 378 g/mol. The smallest absolute Gasteiger partial charge is 0.346 e. The number of hydrogen-bond acceptors (Lipinski definition) is 8. The Kier molecular flexibility index (Phi) is 4.62. The topological polar surface area (TPSA) is 69.7 Å². The van der Waals surface area contributed by atoms with Gasteiger partial charge in [-0.25, -0.2) is 9.59 Å². The lowest BCUT2D eigenvalue weighted by molar-refractivity contribution is -0.138. The van der Waals surface area contributed by atoms with E-state index in [2.05, 4.69) is 0 Å². The van der Waals surface area contributed by atoms with E-state index in [0.717, 1.165) is 23.5 Å². The van der Waals surface area contributed by atoms with Crippen LogP contribution in [0.3, 0.4) is 0 Å². The van der Waals surface area contributed by atoms with E-state index in [4.69, 9.17) is 21.7 Å². The first-order valence-electron chi connectivity index (χ1n) is 6.69. The normalized spacial score (nSPS) is 16.6. The maximum Gasteiger partial charge on any atom is 0.346 e. The molecule has 0 atom stereocenters. The molecule has 0 N–H and O–H groups in total. The summed E-state index contributed by atoms with van der Waals surface area (Å²) < 4.78 is 9.90. The van der Waals surface area contributed by atoms with Gasteiger partial charge < -0.3 is 9.47 Å². The van der Waals surface area contributed by atoms with Crippen molar-refractivity contribution in [2.45, 2.75) is 0 Å². The second kappa shape index (κ2) is 6.54. The average Bonchev–Trinajstić information content (AvgIpc) is 3.14. The number of carbonyl (C=O) groups is 3. The Morgan fingerprint density at radius 1 is 0.958 bits per heavy atom. The molecule has 0 unspecified atom stereocenters. The Morgan fingerprint density at radius 3 is 1.92 bits per heavy atom. The van der Waals surface area contributed by atoms with Crippen molar-refractivity contribution in [3.8, 4) is 0 Å². The molecule has 0 amide bonds. The molecular weight excluding hydrogens is 368 g/mol. The number of methoxy groups -OCH3 is 2. The van der Waals surface area contributed by atoms with Gasteiger partial charge in [-0.05, 0) is 0 Å². The van der Waals surface area contributed by atoms with Crippen molar-refractivity contribution >= 4 is 58.3 Å². The lowest BCUT2D eigenvalue weighted by atomic mass is 10.1. The van der Waals surface area contributed by atoms with Crippen LogP contribution < -0.4 is 0 Å². The number of thioether (sulfide) groups is 2. The van der Waals surface area contributed by atoms with E-state index < -0.39 is 11.9 Å². The first kappa shape index (κ1) is 16.9. The molecule has 0 saturated heterocycles. The third kappa shape index (κ3) is 2.60. The van der Waals surface area contributed by atoms with Crippen molar-refractivity contribution < 1.29 is 23.9 Å². The van der Waals surface area contributed by atoms with Crippen molar-refractivity contribution in [1.82, 2.24) is 0 Å². The van der Waals surface area contributed by atoms with Crippen molar-refractivity contribution in [1.29, 1.82) is 0 Å². The van der Waals surface area contributed by atoms with Gasteiger partial charge in [-0.1, -0.05) is 60.0 Å². The molecule has 1 aromatic rings. The molecule has 24 heavy (non-hydrogen) atoms. The van der Waals surface area contributed by atoms with E-state index in [9.17, 15) is 14.4 Å². The molecule has 1 heterocycles. The molecule has 0 aromatic heterocycles. The number of thiocarbonyl (C=S) groups is 1. The SMILES string of the molecule is COC(=O)C1=C(C(=O)OC)SC(=C2C(=O)c3ccccc3C2=S)S1. The summed E-state index contributed by atoms with van der Waals surface area (Å²) in [4.78, 5) is 37.1. The Labute approximate surface area is 151 Å². The zero-order valence-corrected chi connectivity index (χ0v) is 15.0. The van der Waals surface area contributed by atoms with Crippen LogP contribution in [0.2, 0.25) is 0 Å². The number of allylic oxidation sites excluding steroid dienone is 1. The highest BCUT2D eigenvalue weighted by molar-refractivity contribution is 8.29. The number of esters is 2. The summed E-state index contributed by atoms with van der Waals surface area (Å²) in [6, 6.07) is 7.06. The van der Waals surface area contributed by atoms with Gasteiger partial charge >= 0.3 is 11.9 Å². The maximum atomic E-state index is 12.7. The number of ether oxygens (including phenoxy) is 2. The van der Waals surface area contributed by atoms with E-state index >= 15 is 0 Å². The largest absolute Gasteiger partial charge is 0.465 e. The fraction of sp³-hybridized carbons (Fsp3) is 0.125. The zero-order valence-electron chi connectivity index (χ0n) is 12.6. The van der Waals surface area contributed by atoms with Gasteiger partial charge in [-0.15, -0.1) is 0 Å². The molecule has 1 aliphatic carbocycles. The highest BCUT2D eigenvalue weighted by atomic mass is 32.2. The van der Waals surface area contributed by atoms with Gasteiger partial charge in [0.1, 0.15) is 9.81 Å². The van der Waals surface area contributed by atoms with E-state index in [1.807, 2.05) is 0 Å². The summed E-state index contributed by atoms with van der Waals surface area (Å²) in [7, 11) is 2.45. The molecule has 3 rings (SSSR count). The quantitative estimate of drug-likeness (QED) is 0.442. The van der Waals surface area contributed by atoms with E-state index in [-0.39, 0.29) is 15.6 Å². The van der Waals surface area contributed by atoms with Crippen molar-refractivity contribution in [2.24, 2.45) is 0 Å². The highest BCUT2D eigenvalue weighted by Gasteiger charge is 2.39. The molecule has 1 aliphatic heterocycles. The van der Waals surface area contributed by atoms with E-state index in [0.29, 0.717) is 25.8 Å². The third-order valence-electron chi connectivity index (χ3n) is 3.41. The first-order valence-corrected chi connectivity index (χ1v) is 8.73. The molecule has 8 heteroatoms. The van der Waals surface area contributed by atoms with Gasteiger partial charge in [-0.3, -0.25) is 4.79 Å². The number of benzene rings is 1. The van der Waals surface area contributed by atoms with Gasteiger partial charge in [0.05, 0.1) is 28.9 Å². The van der Waals surface area contributed by atoms with Gasteiger partial charge in [0.25, 0.3) is 0 Å². The lowest BCUT2D eigenvalue weighted by Gasteiger charge is -2.02. The van der Waals surface area contributed by atoms with Crippen LogP contribution in [0.15, 0.2) is 43.9 Å². The van der Waals surface area contributed by atoms with Crippen molar-refractivity contribution in [3.05, 3.63) is 55.0 Å². The van der Waals surface area contributed by atoms with Crippen LogP contribution >= 0.6 is 35.7 Å². The summed E-state index contributed by atoms with van der Waals surface area (Å²) in [5.74, 6) is -1.52. The van der Waals surface area contributed by atoms with Gasteiger partial charge in [0.15, 0.2) is 5.78 Å². The van der Waals surface area contributed by atoms with Gasteiger partial charge in [0, 0.05) is 11.1 Å². The first-order chi connectivity index (χ1) is 11.5. The minimum absolute atomic E-state index is 0.100. The summed E-state index contributed by atoms with van der Waals surface area (Å²) >= 11 is 7.44. The van der Waals surface area contributed by atoms with Crippen molar-refractivity contribution in [3.63, 3.8) is 0 Å². The molecule has 0 fully saturated rings. The molecule has 0 saturated carbocycles. The van der Waals surface area contributed by atoms with Crippen LogP contribution in [0.5, 0.6) is 0 Å². The molecular formula is C16H10O5S3. The summed E-state index contributed by atoms with van der Waals surface area (Å²) in [6.07, 6.45) is 0. The molecule has 1 aromatic carbocycles. The minimum Gasteiger partial charge on any atom is -0.465 e. The molecule has 122 valence electrons. The molecule has 0 bridgehead atoms. The summed E-state index contributed by atoms with van der Waals surface area (Å²) in [6.45, 7) is 0. The van der Waals surface area contributed by atoms with Crippen LogP contribution in [0.1, 0.15) is 15.9 Å².